The molecule has 9 heteroatoms. The Labute approximate surface area is 190 Å². The molecule has 33 heavy (non-hydrogen) atoms. The molecular formula is C24H23N3O6. The van der Waals surface area contributed by atoms with E-state index in [1.807, 2.05) is 13.8 Å². The molecule has 1 aliphatic heterocycles. The van der Waals surface area contributed by atoms with Crippen LogP contribution in [0.2, 0.25) is 0 Å². The van der Waals surface area contributed by atoms with E-state index in [4.69, 9.17) is 0 Å². The Hall–Kier alpha value is -3.88. The van der Waals surface area contributed by atoms with Gasteiger partial charge in [-0.1, -0.05) is 32.0 Å². The average Bonchev–Trinajstić information content (AvgIpc) is 2.72. The summed E-state index contributed by atoms with van der Waals surface area (Å²) in [6.07, 6.45) is 0.621. The van der Waals surface area contributed by atoms with Crippen molar-refractivity contribution >= 4 is 28.8 Å². The predicted octanol–water partition coefficient (Wildman–Crippen LogP) is 4.98. The molecule has 1 amide bonds. The smallest absolute Gasteiger partial charge is 0.293 e. The van der Waals surface area contributed by atoms with E-state index in [0.717, 1.165) is 0 Å². The van der Waals surface area contributed by atoms with Gasteiger partial charge in [0.25, 0.3) is 11.4 Å². The molecule has 2 aliphatic rings. The van der Waals surface area contributed by atoms with E-state index in [9.17, 15) is 29.8 Å². The number of carbonyl (C=O) groups excluding carboxylic acids is 2. The number of nitrogens with zero attached hydrogens (tertiary/aromatic N) is 3. The van der Waals surface area contributed by atoms with E-state index in [2.05, 4.69) is 0 Å². The lowest BCUT2D eigenvalue weighted by Crippen LogP contribution is -2.44. The molecule has 1 atom stereocenters. The fourth-order valence-corrected chi connectivity index (χ4v) is 4.78. The number of nitro benzene ring substituents is 2. The van der Waals surface area contributed by atoms with Crippen LogP contribution in [-0.4, -0.2) is 21.5 Å². The van der Waals surface area contributed by atoms with Crippen molar-refractivity contribution in [1.82, 2.24) is 0 Å². The van der Waals surface area contributed by atoms with Crippen molar-refractivity contribution in [2.45, 2.75) is 46.0 Å². The molecule has 9 nitrogen and oxygen atoms in total. The molecule has 4 rings (SSSR count). The Morgan fingerprint density at radius 3 is 2.24 bits per heavy atom. The van der Waals surface area contributed by atoms with Gasteiger partial charge in [0.15, 0.2) is 5.78 Å². The summed E-state index contributed by atoms with van der Waals surface area (Å²) >= 11 is 0. The van der Waals surface area contributed by atoms with E-state index >= 15 is 0 Å². The fraction of sp³-hybridized carbons (Fsp3) is 0.333. The molecule has 0 spiro atoms. The highest BCUT2D eigenvalue weighted by Crippen LogP contribution is 2.49. The van der Waals surface area contributed by atoms with Gasteiger partial charge in [-0.2, -0.15) is 0 Å². The van der Waals surface area contributed by atoms with Crippen molar-refractivity contribution in [3.8, 4) is 0 Å². The van der Waals surface area contributed by atoms with Gasteiger partial charge in [-0.3, -0.25) is 34.7 Å². The van der Waals surface area contributed by atoms with Gasteiger partial charge in [-0.15, -0.1) is 0 Å². The Morgan fingerprint density at radius 2 is 1.64 bits per heavy atom. The van der Waals surface area contributed by atoms with Gasteiger partial charge in [-0.25, -0.2) is 0 Å². The van der Waals surface area contributed by atoms with Gasteiger partial charge in [0, 0.05) is 48.2 Å². The zero-order valence-corrected chi connectivity index (χ0v) is 18.5. The van der Waals surface area contributed by atoms with E-state index in [1.165, 1.54) is 23.1 Å². The number of aryl methyl sites for hydroxylation is 1. The lowest BCUT2D eigenvalue weighted by molar-refractivity contribution is -0.384. The maximum atomic E-state index is 13.4. The number of hydrogen-bond acceptors (Lipinski definition) is 6. The quantitative estimate of drug-likeness (QED) is 0.479. The highest BCUT2D eigenvalue weighted by Gasteiger charge is 2.45. The number of allylic oxidation sites excluding steroid dienone is 2. The van der Waals surface area contributed by atoms with Gasteiger partial charge in [-0.05, 0) is 36.0 Å². The average molecular weight is 449 g/mol. The molecular weight excluding hydrogens is 426 g/mol. The van der Waals surface area contributed by atoms with Crippen LogP contribution in [0.5, 0.6) is 0 Å². The van der Waals surface area contributed by atoms with Crippen molar-refractivity contribution in [2.24, 2.45) is 5.41 Å². The first-order valence-corrected chi connectivity index (χ1v) is 10.6. The van der Waals surface area contributed by atoms with Crippen molar-refractivity contribution in [1.29, 1.82) is 0 Å². The number of benzene rings is 2. The molecule has 0 bridgehead atoms. The minimum atomic E-state index is -0.558. The van der Waals surface area contributed by atoms with Gasteiger partial charge >= 0.3 is 0 Å². The molecule has 0 radical (unpaired) electrons. The van der Waals surface area contributed by atoms with Gasteiger partial charge in [0.2, 0.25) is 5.91 Å². The minimum absolute atomic E-state index is 0.0617. The summed E-state index contributed by atoms with van der Waals surface area (Å²) in [6.45, 7) is 5.59. The van der Waals surface area contributed by atoms with Crippen LogP contribution in [0.3, 0.4) is 0 Å². The monoisotopic (exact) mass is 449 g/mol. The number of hydrogen-bond donors (Lipinski definition) is 0. The molecule has 1 unspecified atom stereocenters. The maximum absolute atomic E-state index is 13.4. The van der Waals surface area contributed by atoms with Crippen LogP contribution >= 0.6 is 0 Å². The third-order valence-electron chi connectivity index (χ3n) is 6.22. The second-order valence-electron chi connectivity index (χ2n) is 9.39. The van der Waals surface area contributed by atoms with Crippen molar-refractivity contribution in [2.75, 3.05) is 4.90 Å². The summed E-state index contributed by atoms with van der Waals surface area (Å²) in [7, 11) is 0. The van der Waals surface area contributed by atoms with Crippen LogP contribution in [0.4, 0.5) is 17.1 Å². The number of carbonyl (C=O) groups is 2. The Morgan fingerprint density at radius 1 is 0.970 bits per heavy atom. The van der Waals surface area contributed by atoms with Crippen LogP contribution in [0.15, 0.2) is 53.7 Å². The maximum Gasteiger partial charge on any atom is 0.293 e. The second-order valence-corrected chi connectivity index (χ2v) is 9.39. The molecule has 0 aromatic heterocycles. The first-order valence-electron chi connectivity index (χ1n) is 10.6. The number of amides is 1. The van der Waals surface area contributed by atoms with Gasteiger partial charge in [0.05, 0.1) is 9.85 Å². The Balaban J connectivity index is 1.91. The number of rotatable bonds is 4. The standard InChI is InChI=1S/C24H23N3O6/c1-14-4-9-18(19(10-14)27(32)33)25-20-12-24(2,3)13-21(28)23(20)17(11-22(25)29)15-5-7-16(8-6-15)26(30)31/h4-10,17H,11-13H2,1-3H3. The number of nitro groups is 2. The second kappa shape index (κ2) is 7.91. The Kier molecular flexibility index (Phi) is 5.35. The molecule has 0 fully saturated rings. The van der Waals surface area contributed by atoms with Crippen molar-refractivity contribution in [3.05, 3.63) is 85.1 Å². The number of anilines is 1. The summed E-state index contributed by atoms with van der Waals surface area (Å²) in [4.78, 5) is 49.9. The lowest BCUT2D eigenvalue weighted by atomic mass is 9.69. The van der Waals surface area contributed by atoms with E-state index < -0.39 is 21.2 Å². The predicted molar refractivity (Wildman–Crippen MR) is 121 cm³/mol. The third kappa shape index (κ3) is 4.02. The zero-order valence-electron chi connectivity index (χ0n) is 18.5. The molecule has 170 valence electrons. The van der Waals surface area contributed by atoms with Crippen LogP contribution in [-0.2, 0) is 9.59 Å². The number of Topliss-reactive ketones (excluding diaryl/α,β-unsaturated/α-hetero) is 1. The lowest BCUT2D eigenvalue weighted by Gasteiger charge is -2.42. The van der Waals surface area contributed by atoms with E-state index in [0.29, 0.717) is 28.8 Å². The highest BCUT2D eigenvalue weighted by atomic mass is 16.6. The Bertz CT molecular complexity index is 1230. The summed E-state index contributed by atoms with van der Waals surface area (Å²) in [5.41, 5.74) is 1.70. The highest BCUT2D eigenvalue weighted by molar-refractivity contribution is 6.08. The minimum Gasteiger partial charge on any atom is -0.294 e. The fourth-order valence-electron chi connectivity index (χ4n) is 4.78. The molecule has 0 saturated heterocycles. The van der Waals surface area contributed by atoms with Crippen LogP contribution in [0.25, 0.3) is 0 Å². The third-order valence-corrected chi connectivity index (χ3v) is 6.22. The number of ketones is 1. The van der Waals surface area contributed by atoms with Crippen LogP contribution < -0.4 is 4.90 Å². The summed E-state index contributed by atoms with van der Waals surface area (Å²) in [6, 6.07) is 10.5. The first-order chi connectivity index (χ1) is 15.5. The van der Waals surface area contributed by atoms with Crippen molar-refractivity contribution < 1.29 is 19.4 Å². The molecule has 0 N–H and O–H groups in total. The number of non-ortho nitro benzene ring substituents is 1. The van der Waals surface area contributed by atoms with Crippen LogP contribution in [0.1, 0.15) is 50.2 Å². The van der Waals surface area contributed by atoms with E-state index in [-0.39, 0.29) is 41.6 Å². The molecule has 2 aromatic rings. The summed E-state index contributed by atoms with van der Waals surface area (Å²) in [5, 5.41) is 22.8. The SMILES string of the molecule is Cc1ccc(N2C(=O)CC(c3ccc([N+](=O)[O-])cc3)C3=C2CC(C)(C)CC3=O)c([N+](=O)[O-])c1. The summed E-state index contributed by atoms with van der Waals surface area (Å²) in [5.74, 6) is -1.02. The molecule has 2 aromatic carbocycles. The van der Waals surface area contributed by atoms with E-state index in [1.54, 1.807) is 31.2 Å². The topological polar surface area (TPSA) is 124 Å². The molecule has 1 heterocycles. The summed E-state index contributed by atoms with van der Waals surface area (Å²) < 4.78 is 0. The molecule has 0 saturated carbocycles. The molecule has 1 aliphatic carbocycles. The largest absolute Gasteiger partial charge is 0.294 e. The van der Waals surface area contributed by atoms with Gasteiger partial charge < -0.3 is 0 Å². The first kappa shape index (κ1) is 22.3. The van der Waals surface area contributed by atoms with Crippen LogP contribution in [0, 0.1) is 32.6 Å². The van der Waals surface area contributed by atoms with Crippen molar-refractivity contribution in [3.63, 3.8) is 0 Å². The normalized spacial score (nSPS) is 20.0. The zero-order chi connectivity index (χ0) is 24.1. The van der Waals surface area contributed by atoms with Gasteiger partial charge in [0.1, 0.15) is 5.69 Å².